The van der Waals surface area contributed by atoms with Crippen molar-refractivity contribution in [3.8, 4) is 11.1 Å². The summed E-state index contributed by atoms with van der Waals surface area (Å²) in [5, 5.41) is 7.37. The first kappa shape index (κ1) is 14.5. The fraction of sp³-hybridized carbons (Fsp3) is 0.353. The third-order valence-corrected chi connectivity index (χ3v) is 4.30. The second kappa shape index (κ2) is 6.13. The Morgan fingerprint density at radius 2 is 2.14 bits per heavy atom. The molecule has 2 aromatic rings. The molecule has 0 bridgehead atoms. The summed E-state index contributed by atoms with van der Waals surface area (Å²) in [5.74, 6) is 0.356. The molecule has 5 nitrogen and oxygen atoms in total. The number of ether oxygens (including phenoxy) is 1. The Kier molecular flexibility index (Phi) is 4.04. The molecule has 0 aliphatic heterocycles. The van der Waals surface area contributed by atoms with E-state index in [1.807, 2.05) is 12.4 Å². The Labute approximate surface area is 130 Å². The van der Waals surface area contributed by atoms with Gasteiger partial charge in [-0.05, 0) is 36.0 Å². The first-order chi connectivity index (χ1) is 10.7. The van der Waals surface area contributed by atoms with Crippen molar-refractivity contribution in [2.24, 2.45) is 11.7 Å². The molecule has 1 aliphatic rings. The van der Waals surface area contributed by atoms with Crippen molar-refractivity contribution in [3.05, 3.63) is 48.0 Å². The highest BCUT2D eigenvalue weighted by atomic mass is 16.5. The van der Waals surface area contributed by atoms with E-state index < -0.39 is 0 Å². The van der Waals surface area contributed by atoms with E-state index in [0.717, 1.165) is 24.8 Å². The van der Waals surface area contributed by atoms with Gasteiger partial charge in [0, 0.05) is 23.9 Å². The number of hydrogen-bond acceptors (Lipinski definition) is 4. The summed E-state index contributed by atoms with van der Waals surface area (Å²) in [6.45, 7) is 2.07. The summed E-state index contributed by atoms with van der Waals surface area (Å²) in [4.78, 5) is 8.23. The molecule has 0 radical (unpaired) electrons. The lowest BCUT2D eigenvalue weighted by molar-refractivity contribution is 0.118. The second-order valence-electron chi connectivity index (χ2n) is 5.67. The first-order valence-corrected chi connectivity index (χ1v) is 7.55. The monoisotopic (exact) mass is 296 g/mol. The molecule has 114 valence electrons. The van der Waals surface area contributed by atoms with Crippen LogP contribution in [0.5, 0.6) is 0 Å². The number of rotatable bonds is 4. The van der Waals surface area contributed by atoms with Gasteiger partial charge in [-0.3, -0.25) is 5.41 Å². The maximum absolute atomic E-state index is 7.37. The summed E-state index contributed by atoms with van der Waals surface area (Å²) in [7, 11) is 0. The lowest BCUT2D eigenvalue weighted by Gasteiger charge is -2.22. The van der Waals surface area contributed by atoms with E-state index in [1.54, 1.807) is 6.33 Å². The average molecular weight is 296 g/mol. The van der Waals surface area contributed by atoms with Crippen LogP contribution < -0.4 is 5.73 Å². The summed E-state index contributed by atoms with van der Waals surface area (Å²) in [6, 6.07) is 6.17. The predicted octanol–water partition coefficient (Wildman–Crippen LogP) is 2.55. The number of aromatic nitrogens is 2. The maximum atomic E-state index is 7.37. The Hall–Kier alpha value is -2.43. The van der Waals surface area contributed by atoms with Crippen LogP contribution in [-0.2, 0) is 17.6 Å². The number of nitrogens with one attached hydrogen (secondary N) is 1. The van der Waals surface area contributed by atoms with E-state index in [1.165, 1.54) is 16.7 Å². The van der Waals surface area contributed by atoms with Gasteiger partial charge in [0.25, 0.3) is 6.02 Å². The second-order valence-corrected chi connectivity index (χ2v) is 5.67. The Bertz CT molecular complexity index is 672. The van der Waals surface area contributed by atoms with E-state index in [0.29, 0.717) is 5.92 Å². The fourth-order valence-electron chi connectivity index (χ4n) is 3.33. The maximum Gasteiger partial charge on any atom is 0.279 e. The first-order valence-electron chi connectivity index (χ1n) is 7.55. The van der Waals surface area contributed by atoms with Gasteiger partial charge in [0.05, 0.1) is 0 Å². The zero-order chi connectivity index (χ0) is 15.5. The Morgan fingerprint density at radius 1 is 1.36 bits per heavy atom. The normalized spacial score (nSPS) is 17.8. The Balaban J connectivity index is 1.89. The standard InChI is InChI=1S/C17H20N4O/c1-2-16(22-17(18)19)12-6-11-4-3-5-14(15(11)7-12)13-8-20-10-21-9-13/h3-5,8-10,12,16H,2,6-7H2,1H3,(H3,18,19). The van der Waals surface area contributed by atoms with Gasteiger partial charge < -0.3 is 10.5 Å². The van der Waals surface area contributed by atoms with Crippen molar-refractivity contribution in [1.29, 1.82) is 5.41 Å². The minimum absolute atomic E-state index is 0.00947. The van der Waals surface area contributed by atoms with Crippen LogP contribution in [0.15, 0.2) is 36.9 Å². The predicted molar refractivity (Wildman–Crippen MR) is 85.4 cm³/mol. The number of nitrogens with two attached hydrogens (primary N) is 1. The largest absolute Gasteiger partial charge is 0.462 e. The molecule has 2 unspecified atom stereocenters. The minimum atomic E-state index is -0.195. The van der Waals surface area contributed by atoms with Gasteiger partial charge in [-0.1, -0.05) is 25.1 Å². The summed E-state index contributed by atoms with van der Waals surface area (Å²) in [6.07, 6.45) is 7.98. The molecular weight excluding hydrogens is 276 g/mol. The molecule has 0 spiro atoms. The van der Waals surface area contributed by atoms with E-state index in [2.05, 4.69) is 35.1 Å². The van der Waals surface area contributed by atoms with Gasteiger partial charge >= 0.3 is 0 Å². The van der Waals surface area contributed by atoms with Crippen LogP contribution in [0.2, 0.25) is 0 Å². The van der Waals surface area contributed by atoms with Crippen molar-refractivity contribution in [2.75, 3.05) is 0 Å². The number of nitrogens with zero attached hydrogens (tertiary/aromatic N) is 2. The summed E-state index contributed by atoms with van der Waals surface area (Å²) >= 11 is 0. The highest BCUT2D eigenvalue weighted by molar-refractivity contribution is 5.69. The van der Waals surface area contributed by atoms with Gasteiger partial charge in [-0.2, -0.15) is 0 Å². The molecule has 1 aromatic carbocycles. The van der Waals surface area contributed by atoms with Crippen LogP contribution in [0.25, 0.3) is 11.1 Å². The van der Waals surface area contributed by atoms with Crippen molar-refractivity contribution >= 4 is 6.02 Å². The SMILES string of the molecule is CCC(OC(=N)N)C1Cc2cccc(-c3cncnc3)c2C1. The van der Waals surface area contributed by atoms with Gasteiger partial charge in [-0.15, -0.1) is 0 Å². The van der Waals surface area contributed by atoms with Crippen LogP contribution >= 0.6 is 0 Å². The van der Waals surface area contributed by atoms with Gasteiger partial charge in [-0.25, -0.2) is 9.97 Å². The molecule has 22 heavy (non-hydrogen) atoms. The van der Waals surface area contributed by atoms with Crippen molar-refractivity contribution in [2.45, 2.75) is 32.3 Å². The third-order valence-electron chi connectivity index (χ3n) is 4.30. The number of amidine groups is 1. The lowest BCUT2D eigenvalue weighted by atomic mass is 9.95. The molecule has 1 aliphatic carbocycles. The van der Waals surface area contributed by atoms with Crippen LogP contribution in [0, 0.1) is 11.3 Å². The van der Waals surface area contributed by atoms with Crippen LogP contribution in [0.4, 0.5) is 0 Å². The zero-order valence-corrected chi connectivity index (χ0v) is 12.6. The summed E-state index contributed by atoms with van der Waals surface area (Å²) in [5.41, 5.74) is 10.3. The molecule has 0 fully saturated rings. The smallest absolute Gasteiger partial charge is 0.279 e. The molecule has 0 saturated carbocycles. The molecule has 0 amide bonds. The zero-order valence-electron chi connectivity index (χ0n) is 12.6. The van der Waals surface area contributed by atoms with E-state index in [4.69, 9.17) is 15.9 Å². The van der Waals surface area contributed by atoms with Crippen molar-refractivity contribution in [1.82, 2.24) is 9.97 Å². The van der Waals surface area contributed by atoms with Gasteiger partial charge in [0.1, 0.15) is 12.4 Å². The molecule has 3 rings (SSSR count). The molecule has 0 saturated heterocycles. The third kappa shape index (κ3) is 2.79. The minimum Gasteiger partial charge on any atom is -0.462 e. The van der Waals surface area contributed by atoms with E-state index >= 15 is 0 Å². The highest BCUT2D eigenvalue weighted by Gasteiger charge is 2.31. The van der Waals surface area contributed by atoms with Crippen LogP contribution in [0.1, 0.15) is 24.5 Å². The van der Waals surface area contributed by atoms with Crippen LogP contribution in [0.3, 0.4) is 0 Å². The van der Waals surface area contributed by atoms with E-state index in [-0.39, 0.29) is 12.1 Å². The molecular formula is C17H20N4O. The molecule has 3 N–H and O–H groups in total. The van der Waals surface area contributed by atoms with Crippen LogP contribution in [-0.4, -0.2) is 22.1 Å². The number of fused-ring (bicyclic) bond motifs is 1. The number of benzene rings is 1. The van der Waals surface area contributed by atoms with Crippen molar-refractivity contribution in [3.63, 3.8) is 0 Å². The van der Waals surface area contributed by atoms with Gasteiger partial charge in [0.2, 0.25) is 0 Å². The van der Waals surface area contributed by atoms with Gasteiger partial charge in [0.15, 0.2) is 0 Å². The molecule has 1 aromatic heterocycles. The van der Waals surface area contributed by atoms with Crippen molar-refractivity contribution < 1.29 is 4.74 Å². The summed E-state index contributed by atoms with van der Waals surface area (Å²) < 4.78 is 5.50. The molecule has 1 heterocycles. The molecule has 5 heteroatoms. The topological polar surface area (TPSA) is 84.9 Å². The average Bonchev–Trinajstić information content (AvgIpc) is 2.97. The quantitative estimate of drug-likeness (QED) is 0.670. The Morgan fingerprint density at radius 3 is 2.82 bits per heavy atom. The number of hydrogen-bond donors (Lipinski definition) is 2. The highest BCUT2D eigenvalue weighted by Crippen LogP contribution is 2.37. The fourth-order valence-corrected chi connectivity index (χ4v) is 3.33. The molecule has 2 atom stereocenters. The lowest BCUT2D eigenvalue weighted by Crippen LogP contribution is -2.30. The van der Waals surface area contributed by atoms with E-state index in [9.17, 15) is 0 Å².